The summed E-state index contributed by atoms with van der Waals surface area (Å²) in [5.41, 5.74) is 2.47. The van der Waals surface area contributed by atoms with E-state index >= 15 is 0 Å². The van der Waals surface area contributed by atoms with Gasteiger partial charge in [-0.05, 0) is 23.7 Å². The Kier molecular flexibility index (Phi) is 2.89. The number of aromatic nitrogens is 1. The van der Waals surface area contributed by atoms with E-state index in [-0.39, 0.29) is 0 Å². The third-order valence-corrected chi connectivity index (χ3v) is 4.02. The molecule has 0 aliphatic rings. The van der Waals surface area contributed by atoms with E-state index in [1.807, 2.05) is 42.5 Å². The Morgan fingerprint density at radius 2 is 1.94 bits per heavy atom. The monoisotopic (exact) mass is 271 g/mol. The zero-order chi connectivity index (χ0) is 12.5. The normalized spacial score (nSPS) is 10.7. The standard InChI is InChI=1S/C14H9NOS2/c16-8-9-4-3-7-12-13(9)14(15-18-12)10-5-1-2-6-11(10)17/h1-8,17H. The molecule has 0 unspecified atom stereocenters. The lowest BCUT2D eigenvalue weighted by molar-refractivity contribution is 0.112. The molecule has 0 saturated heterocycles. The third kappa shape index (κ3) is 1.74. The Morgan fingerprint density at radius 1 is 1.11 bits per heavy atom. The van der Waals surface area contributed by atoms with Gasteiger partial charge in [-0.3, -0.25) is 4.79 Å². The minimum absolute atomic E-state index is 0.674. The Labute approximate surface area is 114 Å². The van der Waals surface area contributed by atoms with E-state index in [1.54, 1.807) is 0 Å². The van der Waals surface area contributed by atoms with Crippen molar-refractivity contribution in [2.24, 2.45) is 0 Å². The van der Waals surface area contributed by atoms with Crippen molar-refractivity contribution in [1.29, 1.82) is 0 Å². The van der Waals surface area contributed by atoms with Gasteiger partial charge in [0, 0.05) is 21.4 Å². The van der Waals surface area contributed by atoms with Gasteiger partial charge in [-0.1, -0.05) is 30.3 Å². The molecule has 0 bridgehead atoms. The van der Waals surface area contributed by atoms with Crippen molar-refractivity contribution in [3.63, 3.8) is 0 Å². The molecule has 3 aromatic rings. The van der Waals surface area contributed by atoms with Crippen molar-refractivity contribution in [2.75, 3.05) is 0 Å². The molecule has 0 amide bonds. The van der Waals surface area contributed by atoms with Gasteiger partial charge in [-0.2, -0.15) is 4.37 Å². The van der Waals surface area contributed by atoms with Crippen LogP contribution in [0.5, 0.6) is 0 Å². The van der Waals surface area contributed by atoms with E-state index in [9.17, 15) is 4.79 Å². The van der Waals surface area contributed by atoms with E-state index in [0.717, 1.165) is 32.5 Å². The summed E-state index contributed by atoms with van der Waals surface area (Å²) in [6.45, 7) is 0. The summed E-state index contributed by atoms with van der Waals surface area (Å²) in [5, 5.41) is 0.916. The first kappa shape index (κ1) is 11.4. The van der Waals surface area contributed by atoms with Crippen LogP contribution in [0.15, 0.2) is 47.4 Å². The fraction of sp³-hybridized carbons (Fsp3) is 0. The van der Waals surface area contributed by atoms with Crippen LogP contribution < -0.4 is 0 Å². The summed E-state index contributed by atoms with van der Waals surface area (Å²) in [4.78, 5) is 12.0. The van der Waals surface area contributed by atoms with Crippen molar-refractivity contribution in [2.45, 2.75) is 4.90 Å². The van der Waals surface area contributed by atoms with Gasteiger partial charge in [-0.25, -0.2) is 0 Å². The predicted octanol–water partition coefficient (Wildman–Crippen LogP) is 4.06. The SMILES string of the molecule is O=Cc1cccc2snc(-c3ccccc3S)c12. The molecule has 2 aromatic carbocycles. The Hall–Kier alpha value is -1.65. The lowest BCUT2D eigenvalue weighted by Gasteiger charge is -2.03. The summed E-state index contributed by atoms with van der Waals surface area (Å²) in [7, 11) is 0. The molecule has 88 valence electrons. The molecular weight excluding hydrogens is 262 g/mol. The number of nitrogens with zero attached hydrogens (tertiary/aromatic N) is 1. The minimum atomic E-state index is 0.674. The molecule has 0 aliphatic heterocycles. The molecule has 0 fully saturated rings. The maximum Gasteiger partial charge on any atom is 0.150 e. The summed E-state index contributed by atoms with van der Waals surface area (Å²) >= 11 is 5.85. The molecule has 3 rings (SSSR count). The van der Waals surface area contributed by atoms with Crippen LogP contribution in [0.25, 0.3) is 21.3 Å². The molecule has 0 N–H and O–H groups in total. The third-order valence-electron chi connectivity index (χ3n) is 2.82. The van der Waals surface area contributed by atoms with Gasteiger partial charge in [-0.15, -0.1) is 12.6 Å². The zero-order valence-corrected chi connectivity index (χ0v) is 11.0. The Bertz CT molecular complexity index is 733. The number of carbonyl (C=O) groups excluding carboxylic acids is 1. The van der Waals surface area contributed by atoms with Crippen LogP contribution in [0, 0.1) is 0 Å². The maximum absolute atomic E-state index is 11.1. The summed E-state index contributed by atoms with van der Waals surface area (Å²) < 4.78 is 5.49. The highest BCUT2D eigenvalue weighted by atomic mass is 32.1. The molecule has 4 heteroatoms. The fourth-order valence-corrected chi connectivity index (χ4v) is 3.07. The highest BCUT2D eigenvalue weighted by Crippen LogP contribution is 2.35. The van der Waals surface area contributed by atoms with Gasteiger partial charge in [0.2, 0.25) is 0 Å². The van der Waals surface area contributed by atoms with Crippen LogP contribution in [0.2, 0.25) is 0 Å². The molecular formula is C14H9NOS2. The first-order valence-corrected chi connectivity index (χ1v) is 6.65. The maximum atomic E-state index is 11.1. The molecule has 0 spiro atoms. The van der Waals surface area contributed by atoms with Crippen LogP contribution in [-0.4, -0.2) is 10.7 Å². The zero-order valence-electron chi connectivity index (χ0n) is 9.33. The Balaban J connectivity index is 2.37. The topological polar surface area (TPSA) is 30.0 Å². The lowest BCUT2D eigenvalue weighted by Crippen LogP contribution is -1.85. The van der Waals surface area contributed by atoms with Gasteiger partial charge >= 0.3 is 0 Å². The number of rotatable bonds is 2. The number of benzene rings is 2. The van der Waals surface area contributed by atoms with Crippen molar-refractivity contribution in [3.8, 4) is 11.3 Å². The van der Waals surface area contributed by atoms with Crippen LogP contribution in [0.3, 0.4) is 0 Å². The number of aldehydes is 1. The first-order chi connectivity index (χ1) is 8.81. The lowest BCUT2D eigenvalue weighted by atomic mass is 10.0. The average molecular weight is 271 g/mol. The van der Waals surface area contributed by atoms with Crippen molar-refractivity contribution < 1.29 is 4.79 Å². The van der Waals surface area contributed by atoms with E-state index in [2.05, 4.69) is 17.0 Å². The Morgan fingerprint density at radius 3 is 2.72 bits per heavy atom. The molecule has 2 nitrogen and oxygen atoms in total. The molecule has 0 saturated carbocycles. The van der Waals surface area contributed by atoms with Crippen molar-refractivity contribution in [3.05, 3.63) is 48.0 Å². The van der Waals surface area contributed by atoms with Gasteiger partial charge in [0.05, 0.1) is 10.4 Å². The van der Waals surface area contributed by atoms with Gasteiger partial charge in [0.15, 0.2) is 6.29 Å². The molecule has 1 aromatic heterocycles. The smallest absolute Gasteiger partial charge is 0.150 e. The van der Waals surface area contributed by atoms with Crippen LogP contribution >= 0.6 is 24.2 Å². The second-order valence-electron chi connectivity index (χ2n) is 3.89. The number of thiol groups is 1. The molecule has 18 heavy (non-hydrogen) atoms. The quantitative estimate of drug-likeness (QED) is 0.562. The molecule has 0 aliphatic carbocycles. The average Bonchev–Trinajstić information content (AvgIpc) is 2.83. The largest absolute Gasteiger partial charge is 0.298 e. The molecule has 0 atom stereocenters. The fourth-order valence-electron chi connectivity index (χ4n) is 1.97. The van der Waals surface area contributed by atoms with E-state index in [1.165, 1.54) is 11.5 Å². The first-order valence-electron chi connectivity index (χ1n) is 5.43. The highest BCUT2D eigenvalue weighted by molar-refractivity contribution is 7.80. The second-order valence-corrected chi connectivity index (χ2v) is 5.17. The summed E-state index contributed by atoms with van der Waals surface area (Å²) in [6.07, 6.45) is 0.876. The van der Waals surface area contributed by atoms with Gasteiger partial charge in [0.1, 0.15) is 0 Å². The van der Waals surface area contributed by atoms with Crippen LogP contribution in [0.1, 0.15) is 10.4 Å². The molecule has 1 heterocycles. The van der Waals surface area contributed by atoms with Crippen LogP contribution in [0.4, 0.5) is 0 Å². The summed E-state index contributed by atoms with van der Waals surface area (Å²) in [6, 6.07) is 13.4. The number of hydrogen-bond donors (Lipinski definition) is 1. The van der Waals surface area contributed by atoms with Gasteiger partial charge < -0.3 is 0 Å². The highest BCUT2D eigenvalue weighted by Gasteiger charge is 2.13. The number of hydrogen-bond acceptors (Lipinski definition) is 4. The van der Waals surface area contributed by atoms with Crippen molar-refractivity contribution in [1.82, 2.24) is 4.37 Å². The number of carbonyl (C=O) groups is 1. The van der Waals surface area contributed by atoms with E-state index < -0.39 is 0 Å². The molecule has 0 radical (unpaired) electrons. The second kappa shape index (κ2) is 4.55. The van der Waals surface area contributed by atoms with Crippen LogP contribution in [-0.2, 0) is 0 Å². The predicted molar refractivity (Wildman–Crippen MR) is 77.7 cm³/mol. The van der Waals surface area contributed by atoms with E-state index in [4.69, 9.17) is 0 Å². The van der Waals surface area contributed by atoms with Crippen molar-refractivity contribution >= 4 is 40.5 Å². The summed E-state index contributed by atoms with van der Waals surface area (Å²) in [5.74, 6) is 0. The van der Waals surface area contributed by atoms with E-state index in [0.29, 0.717) is 5.56 Å². The van der Waals surface area contributed by atoms with Gasteiger partial charge in [0.25, 0.3) is 0 Å². The number of fused-ring (bicyclic) bond motifs is 1. The minimum Gasteiger partial charge on any atom is -0.298 e.